The van der Waals surface area contributed by atoms with Gasteiger partial charge in [-0.2, -0.15) is 0 Å². The average molecular weight is 256 g/mol. The zero-order valence-corrected chi connectivity index (χ0v) is 11.6. The fraction of sp³-hybridized carbons (Fsp3) is 0.438. The van der Waals surface area contributed by atoms with Crippen LogP contribution >= 0.6 is 0 Å². The van der Waals surface area contributed by atoms with E-state index in [1.54, 1.807) is 7.11 Å². The summed E-state index contributed by atoms with van der Waals surface area (Å²) in [7, 11) is 1.69. The number of nitrogens with two attached hydrogens (primary N) is 1. The summed E-state index contributed by atoms with van der Waals surface area (Å²) in [5.74, 6) is 0.819. The van der Waals surface area contributed by atoms with Crippen molar-refractivity contribution in [2.45, 2.75) is 39.0 Å². The molecule has 0 saturated carbocycles. The van der Waals surface area contributed by atoms with Crippen LogP contribution in [-0.2, 0) is 12.8 Å². The smallest absolute Gasteiger partial charge is 0.145 e. The third kappa shape index (κ3) is 1.93. The fourth-order valence-corrected chi connectivity index (χ4v) is 3.05. The van der Waals surface area contributed by atoms with E-state index in [0.29, 0.717) is 0 Å². The highest BCUT2D eigenvalue weighted by Crippen LogP contribution is 2.36. The maximum Gasteiger partial charge on any atom is 0.145 e. The second kappa shape index (κ2) is 4.72. The molecule has 0 spiro atoms. The Balaban J connectivity index is 2.36. The summed E-state index contributed by atoms with van der Waals surface area (Å²) in [6.07, 6.45) is 5.78. The molecular formula is C16H20N2O. The monoisotopic (exact) mass is 256 g/mol. The predicted molar refractivity (Wildman–Crippen MR) is 78.7 cm³/mol. The Morgan fingerprint density at radius 3 is 2.74 bits per heavy atom. The number of ether oxygens (including phenoxy) is 1. The van der Waals surface area contributed by atoms with Crippen LogP contribution in [0.15, 0.2) is 12.1 Å². The number of nitrogens with zero attached hydrogens (tertiary/aromatic N) is 1. The Morgan fingerprint density at radius 1 is 1.16 bits per heavy atom. The first kappa shape index (κ1) is 12.3. The van der Waals surface area contributed by atoms with Gasteiger partial charge in [0, 0.05) is 16.8 Å². The highest BCUT2D eigenvalue weighted by molar-refractivity contribution is 5.98. The van der Waals surface area contributed by atoms with Crippen molar-refractivity contribution in [3.05, 3.63) is 29.0 Å². The van der Waals surface area contributed by atoms with Crippen LogP contribution in [0.4, 0.5) is 5.69 Å². The van der Waals surface area contributed by atoms with Gasteiger partial charge in [0.2, 0.25) is 0 Å². The molecule has 1 aromatic heterocycles. The molecule has 2 N–H and O–H groups in total. The molecule has 100 valence electrons. The standard InChI is InChI=1S/C16H20N2O/c1-10-8-9-13(19-2)16-14(10)15(17)11-6-4-3-5-7-12(11)18-16/h8-9H,3-7H2,1-2H3,(H2,17,18). The first-order valence-corrected chi connectivity index (χ1v) is 6.97. The maximum absolute atomic E-state index is 6.44. The second-order valence-corrected chi connectivity index (χ2v) is 5.32. The Labute approximate surface area is 113 Å². The summed E-state index contributed by atoms with van der Waals surface area (Å²) in [4.78, 5) is 4.86. The molecule has 0 aliphatic heterocycles. The molecule has 1 aliphatic carbocycles. The van der Waals surface area contributed by atoms with Gasteiger partial charge in [-0.1, -0.05) is 12.5 Å². The summed E-state index contributed by atoms with van der Waals surface area (Å²) in [5.41, 5.74) is 11.9. The van der Waals surface area contributed by atoms with E-state index in [9.17, 15) is 0 Å². The molecule has 0 fully saturated rings. The number of nitrogen functional groups attached to an aromatic ring is 1. The molecule has 1 aromatic carbocycles. The van der Waals surface area contributed by atoms with Gasteiger partial charge in [0.15, 0.2) is 0 Å². The van der Waals surface area contributed by atoms with E-state index >= 15 is 0 Å². The Hall–Kier alpha value is -1.77. The van der Waals surface area contributed by atoms with Crippen LogP contribution in [0.1, 0.15) is 36.1 Å². The van der Waals surface area contributed by atoms with Gasteiger partial charge in [-0.05, 0) is 49.8 Å². The third-order valence-electron chi connectivity index (χ3n) is 4.10. The van der Waals surface area contributed by atoms with Crippen molar-refractivity contribution < 1.29 is 4.74 Å². The van der Waals surface area contributed by atoms with Gasteiger partial charge < -0.3 is 10.5 Å². The SMILES string of the molecule is COc1ccc(C)c2c(N)c3c(nc12)CCCCC3. The zero-order valence-electron chi connectivity index (χ0n) is 11.6. The number of anilines is 1. The summed E-state index contributed by atoms with van der Waals surface area (Å²) < 4.78 is 5.44. The topological polar surface area (TPSA) is 48.1 Å². The first-order valence-electron chi connectivity index (χ1n) is 6.97. The van der Waals surface area contributed by atoms with E-state index in [4.69, 9.17) is 15.5 Å². The first-order chi connectivity index (χ1) is 9.22. The second-order valence-electron chi connectivity index (χ2n) is 5.32. The van der Waals surface area contributed by atoms with Gasteiger partial charge in [-0.15, -0.1) is 0 Å². The summed E-state index contributed by atoms with van der Waals surface area (Å²) in [6, 6.07) is 4.04. The van der Waals surface area contributed by atoms with Crippen LogP contribution in [-0.4, -0.2) is 12.1 Å². The molecule has 0 unspecified atom stereocenters. The molecular weight excluding hydrogens is 236 g/mol. The Kier molecular flexibility index (Phi) is 3.05. The summed E-state index contributed by atoms with van der Waals surface area (Å²) >= 11 is 0. The molecule has 1 heterocycles. The van der Waals surface area contributed by atoms with E-state index in [-0.39, 0.29) is 0 Å². The normalized spacial score (nSPS) is 15.1. The van der Waals surface area contributed by atoms with E-state index in [0.717, 1.165) is 35.2 Å². The molecule has 0 bridgehead atoms. The van der Waals surface area contributed by atoms with Crippen LogP contribution in [0, 0.1) is 6.92 Å². The molecule has 0 saturated heterocycles. The lowest BCUT2D eigenvalue weighted by atomic mass is 9.99. The largest absolute Gasteiger partial charge is 0.494 e. The van der Waals surface area contributed by atoms with Crippen molar-refractivity contribution >= 4 is 16.6 Å². The molecule has 19 heavy (non-hydrogen) atoms. The van der Waals surface area contributed by atoms with Crippen molar-refractivity contribution in [2.75, 3.05) is 12.8 Å². The number of aryl methyl sites for hydroxylation is 2. The molecule has 1 aliphatic rings. The quantitative estimate of drug-likeness (QED) is 0.795. The number of fused-ring (bicyclic) bond motifs is 2. The molecule has 3 rings (SSSR count). The van der Waals surface area contributed by atoms with Crippen LogP contribution in [0.3, 0.4) is 0 Å². The van der Waals surface area contributed by atoms with Crippen molar-refractivity contribution in [3.63, 3.8) is 0 Å². The van der Waals surface area contributed by atoms with E-state index < -0.39 is 0 Å². The van der Waals surface area contributed by atoms with E-state index in [1.165, 1.54) is 36.1 Å². The predicted octanol–water partition coefficient (Wildman–Crippen LogP) is 3.40. The number of aromatic nitrogens is 1. The minimum absolute atomic E-state index is 0.819. The van der Waals surface area contributed by atoms with Gasteiger partial charge in [-0.3, -0.25) is 0 Å². The lowest BCUT2D eigenvalue weighted by Gasteiger charge is -2.15. The average Bonchev–Trinajstić information content (AvgIpc) is 2.64. The van der Waals surface area contributed by atoms with Crippen LogP contribution in [0.25, 0.3) is 10.9 Å². The zero-order chi connectivity index (χ0) is 13.4. The van der Waals surface area contributed by atoms with Gasteiger partial charge in [-0.25, -0.2) is 4.98 Å². The lowest BCUT2D eigenvalue weighted by Crippen LogP contribution is -2.04. The molecule has 0 radical (unpaired) electrons. The summed E-state index contributed by atoms with van der Waals surface area (Å²) in [6.45, 7) is 2.09. The van der Waals surface area contributed by atoms with E-state index in [2.05, 4.69) is 13.0 Å². The molecule has 2 aromatic rings. The highest BCUT2D eigenvalue weighted by atomic mass is 16.5. The Bertz CT molecular complexity index is 634. The number of pyridine rings is 1. The minimum Gasteiger partial charge on any atom is -0.494 e. The highest BCUT2D eigenvalue weighted by Gasteiger charge is 2.18. The lowest BCUT2D eigenvalue weighted by molar-refractivity contribution is 0.418. The number of methoxy groups -OCH3 is 1. The van der Waals surface area contributed by atoms with Crippen molar-refractivity contribution in [1.29, 1.82) is 0 Å². The Morgan fingerprint density at radius 2 is 1.95 bits per heavy atom. The van der Waals surface area contributed by atoms with Crippen molar-refractivity contribution in [2.24, 2.45) is 0 Å². The van der Waals surface area contributed by atoms with Crippen LogP contribution in [0.2, 0.25) is 0 Å². The molecule has 3 heteroatoms. The molecule has 0 atom stereocenters. The van der Waals surface area contributed by atoms with E-state index in [1.807, 2.05) is 6.07 Å². The van der Waals surface area contributed by atoms with Crippen molar-refractivity contribution in [3.8, 4) is 5.75 Å². The number of hydrogen-bond acceptors (Lipinski definition) is 3. The van der Waals surface area contributed by atoms with Gasteiger partial charge in [0.1, 0.15) is 11.3 Å². The van der Waals surface area contributed by atoms with Crippen molar-refractivity contribution in [1.82, 2.24) is 4.98 Å². The molecule has 0 amide bonds. The van der Waals surface area contributed by atoms with Gasteiger partial charge in [0.25, 0.3) is 0 Å². The molecule has 3 nitrogen and oxygen atoms in total. The number of benzene rings is 1. The van der Waals surface area contributed by atoms with Gasteiger partial charge >= 0.3 is 0 Å². The number of rotatable bonds is 1. The summed E-state index contributed by atoms with van der Waals surface area (Å²) in [5, 5.41) is 1.07. The third-order valence-corrected chi connectivity index (χ3v) is 4.10. The fourth-order valence-electron chi connectivity index (χ4n) is 3.05. The van der Waals surface area contributed by atoms with Gasteiger partial charge in [0.05, 0.1) is 7.11 Å². The van der Waals surface area contributed by atoms with Crippen LogP contribution in [0.5, 0.6) is 5.75 Å². The maximum atomic E-state index is 6.44. The minimum atomic E-state index is 0.819. The van der Waals surface area contributed by atoms with Crippen LogP contribution < -0.4 is 10.5 Å². The number of hydrogen-bond donors (Lipinski definition) is 1.